The van der Waals surface area contributed by atoms with Crippen LogP contribution in [0.5, 0.6) is 5.75 Å². The molecule has 1 aliphatic rings. The van der Waals surface area contributed by atoms with E-state index in [1.54, 1.807) is 12.1 Å². The van der Waals surface area contributed by atoms with Crippen molar-refractivity contribution in [3.63, 3.8) is 0 Å². The average molecular weight is 192 g/mol. The summed E-state index contributed by atoms with van der Waals surface area (Å²) in [5.74, 6) is 0.139. The smallest absolute Gasteiger partial charge is 0.205 e. The zero-order valence-electron chi connectivity index (χ0n) is 8.24. The molecule has 1 aromatic carbocycles. The monoisotopic (exact) mass is 192 g/mol. The van der Waals surface area contributed by atoms with E-state index in [4.69, 9.17) is 9.47 Å². The lowest BCUT2D eigenvalue weighted by Crippen LogP contribution is -2.35. The molecule has 0 aliphatic carbocycles. The molecule has 14 heavy (non-hydrogen) atoms. The molecule has 0 unspecified atom stereocenters. The second-order valence-electron chi connectivity index (χ2n) is 3.78. The van der Waals surface area contributed by atoms with Crippen LogP contribution >= 0.6 is 0 Å². The minimum Gasteiger partial charge on any atom is -0.463 e. The summed E-state index contributed by atoms with van der Waals surface area (Å²) in [6.45, 7) is 4.23. The summed E-state index contributed by atoms with van der Waals surface area (Å²) in [5.41, 5.74) is 1.61. The molecule has 0 spiro atoms. The number of aldehydes is 1. The maximum atomic E-state index is 10.6. The van der Waals surface area contributed by atoms with Crippen LogP contribution in [0, 0.1) is 0 Å². The van der Waals surface area contributed by atoms with Gasteiger partial charge in [-0.15, -0.1) is 0 Å². The van der Waals surface area contributed by atoms with Gasteiger partial charge in [-0.3, -0.25) is 4.79 Å². The summed E-state index contributed by atoms with van der Waals surface area (Å²) in [4.78, 5) is 10.6. The van der Waals surface area contributed by atoms with E-state index in [-0.39, 0.29) is 0 Å². The second-order valence-corrected chi connectivity index (χ2v) is 3.78. The molecule has 0 fully saturated rings. The first-order valence-corrected chi connectivity index (χ1v) is 4.52. The highest BCUT2D eigenvalue weighted by Crippen LogP contribution is 2.31. The van der Waals surface area contributed by atoms with E-state index in [0.717, 1.165) is 17.6 Å². The van der Waals surface area contributed by atoms with Gasteiger partial charge in [0.15, 0.2) is 0 Å². The lowest BCUT2D eigenvalue weighted by molar-refractivity contribution is -0.180. The van der Waals surface area contributed by atoms with Gasteiger partial charge in [-0.1, -0.05) is 12.1 Å². The van der Waals surface area contributed by atoms with Gasteiger partial charge in [-0.05, 0) is 6.07 Å². The van der Waals surface area contributed by atoms with Crippen molar-refractivity contribution in [2.45, 2.75) is 26.2 Å². The Bertz CT molecular complexity index is 369. The molecule has 1 heterocycles. The molecule has 3 nitrogen and oxygen atoms in total. The van der Waals surface area contributed by atoms with E-state index in [9.17, 15) is 4.79 Å². The predicted molar refractivity (Wildman–Crippen MR) is 51.3 cm³/mol. The zero-order valence-corrected chi connectivity index (χ0v) is 8.24. The average Bonchev–Trinajstić information content (AvgIpc) is 2.15. The molecular formula is C11H12O3. The Balaban J connectivity index is 2.39. The molecule has 0 radical (unpaired) electrons. The van der Waals surface area contributed by atoms with Crippen molar-refractivity contribution < 1.29 is 14.3 Å². The van der Waals surface area contributed by atoms with Gasteiger partial charge >= 0.3 is 0 Å². The molecule has 74 valence electrons. The van der Waals surface area contributed by atoms with Crippen molar-refractivity contribution >= 4 is 6.29 Å². The Morgan fingerprint density at radius 1 is 1.43 bits per heavy atom. The number of carbonyl (C=O) groups excluding carboxylic acids is 1. The van der Waals surface area contributed by atoms with Gasteiger partial charge in [0.25, 0.3) is 0 Å². The highest BCUT2D eigenvalue weighted by Gasteiger charge is 2.27. The first kappa shape index (κ1) is 9.21. The number of hydrogen-bond acceptors (Lipinski definition) is 3. The minimum atomic E-state index is -0.603. The van der Waals surface area contributed by atoms with Gasteiger partial charge in [-0.2, -0.15) is 0 Å². The minimum absolute atomic E-state index is 0.529. The van der Waals surface area contributed by atoms with Gasteiger partial charge in [0.1, 0.15) is 12.0 Å². The number of fused-ring (bicyclic) bond motifs is 1. The maximum Gasteiger partial charge on any atom is 0.205 e. The van der Waals surface area contributed by atoms with Crippen LogP contribution in [0.4, 0.5) is 0 Å². The van der Waals surface area contributed by atoms with Crippen molar-refractivity contribution in [2.24, 2.45) is 0 Å². The van der Waals surface area contributed by atoms with Crippen molar-refractivity contribution in [1.82, 2.24) is 0 Å². The van der Waals surface area contributed by atoms with Gasteiger partial charge in [0, 0.05) is 25.0 Å². The van der Waals surface area contributed by atoms with Crippen molar-refractivity contribution in [2.75, 3.05) is 0 Å². The van der Waals surface area contributed by atoms with Crippen LogP contribution in [-0.4, -0.2) is 12.1 Å². The number of rotatable bonds is 1. The van der Waals surface area contributed by atoms with Crippen molar-refractivity contribution in [3.8, 4) is 5.75 Å². The topological polar surface area (TPSA) is 35.5 Å². The molecule has 1 aliphatic heterocycles. The molecule has 0 N–H and O–H groups in total. The van der Waals surface area contributed by atoms with Crippen LogP contribution in [0.1, 0.15) is 29.8 Å². The van der Waals surface area contributed by atoms with E-state index in [2.05, 4.69) is 0 Å². The molecule has 0 amide bonds. The first-order chi connectivity index (χ1) is 6.61. The van der Waals surface area contributed by atoms with Crippen LogP contribution in [0.15, 0.2) is 18.2 Å². The summed E-state index contributed by atoms with van der Waals surface area (Å²) in [6.07, 6.45) is 0.812. The second kappa shape index (κ2) is 3.10. The van der Waals surface area contributed by atoms with Gasteiger partial charge < -0.3 is 9.47 Å². The van der Waals surface area contributed by atoms with Crippen LogP contribution < -0.4 is 4.74 Å². The van der Waals surface area contributed by atoms with Gasteiger partial charge in [0.2, 0.25) is 5.79 Å². The van der Waals surface area contributed by atoms with E-state index < -0.39 is 5.79 Å². The van der Waals surface area contributed by atoms with E-state index in [1.807, 2.05) is 19.9 Å². The Labute approximate surface area is 82.6 Å². The largest absolute Gasteiger partial charge is 0.463 e. The summed E-state index contributed by atoms with van der Waals surface area (Å²) in [7, 11) is 0. The molecular weight excluding hydrogens is 180 g/mol. The Hall–Kier alpha value is -1.35. The molecule has 3 heteroatoms. The number of ether oxygens (including phenoxy) is 2. The van der Waals surface area contributed by atoms with E-state index in [1.165, 1.54) is 0 Å². The van der Waals surface area contributed by atoms with Crippen LogP contribution in [0.2, 0.25) is 0 Å². The molecule has 0 bridgehead atoms. The van der Waals surface area contributed by atoms with Gasteiger partial charge in [0.05, 0.1) is 6.61 Å². The van der Waals surface area contributed by atoms with E-state index in [0.29, 0.717) is 12.2 Å². The zero-order chi connectivity index (χ0) is 10.2. The molecule has 0 aromatic heterocycles. The number of benzene rings is 1. The summed E-state index contributed by atoms with van der Waals surface area (Å²) >= 11 is 0. The van der Waals surface area contributed by atoms with Gasteiger partial charge in [-0.25, -0.2) is 0 Å². The number of carbonyl (C=O) groups is 1. The Morgan fingerprint density at radius 2 is 2.21 bits per heavy atom. The SMILES string of the molecule is CC1(C)OCc2ccc(C=O)cc2O1. The summed E-state index contributed by atoms with van der Waals surface area (Å²) < 4.78 is 11.0. The van der Waals surface area contributed by atoms with Crippen molar-refractivity contribution in [3.05, 3.63) is 29.3 Å². The fraction of sp³-hybridized carbons (Fsp3) is 0.364. The molecule has 1 aromatic rings. The standard InChI is InChI=1S/C11H12O3/c1-11(2)13-7-9-4-3-8(6-12)5-10(9)14-11/h3-6H,7H2,1-2H3. The fourth-order valence-corrected chi connectivity index (χ4v) is 1.40. The fourth-order valence-electron chi connectivity index (χ4n) is 1.40. The number of hydrogen-bond donors (Lipinski definition) is 0. The normalized spacial score (nSPS) is 18.1. The summed E-state index contributed by atoms with van der Waals surface area (Å²) in [6, 6.07) is 5.36. The third-order valence-electron chi connectivity index (χ3n) is 2.16. The highest BCUT2D eigenvalue weighted by molar-refractivity contribution is 5.75. The molecule has 0 atom stereocenters. The van der Waals surface area contributed by atoms with Crippen molar-refractivity contribution in [1.29, 1.82) is 0 Å². The highest BCUT2D eigenvalue weighted by atomic mass is 16.7. The third-order valence-corrected chi connectivity index (χ3v) is 2.16. The third kappa shape index (κ3) is 1.63. The molecule has 2 rings (SSSR count). The molecule has 0 saturated heterocycles. The van der Waals surface area contributed by atoms with Crippen LogP contribution in [0.25, 0.3) is 0 Å². The van der Waals surface area contributed by atoms with Crippen LogP contribution in [0.3, 0.4) is 0 Å². The van der Waals surface area contributed by atoms with Crippen LogP contribution in [-0.2, 0) is 11.3 Å². The summed E-state index contributed by atoms with van der Waals surface area (Å²) in [5, 5.41) is 0. The first-order valence-electron chi connectivity index (χ1n) is 4.52. The molecule has 0 saturated carbocycles. The lowest BCUT2D eigenvalue weighted by atomic mass is 10.1. The lowest BCUT2D eigenvalue weighted by Gasteiger charge is -2.32. The Morgan fingerprint density at radius 3 is 2.93 bits per heavy atom. The van der Waals surface area contributed by atoms with E-state index >= 15 is 0 Å². The predicted octanol–water partition coefficient (Wildman–Crippen LogP) is 2.14. The maximum absolute atomic E-state index is 10.6. The quantitative estimate of drug-likeness (QED) is 0.639. The Kier molecular flexibility index (Phi) is 2.04.